The molecule has 0 radical (unpaired) electrons. The number of nitro groups is 1. The molecule has 0 aliphatic rings. The number of methoxy groups -OCH3 is 1. The monoisotopic (exact) mass is 377 g/mol. The standard InChI is InChI=1S/C16H12BrNO5/c1-23-13-7-5-10(6-8-13)14(17)16(20)15(19)11-3-2-4-12(9-11)18(21)22/h2-9,14H,1H3. The molecule has 0 aromatic heterocycles. The molecule has 0 bridgehead atoms. The minimum absolute atomic E-state index is 0.0119. The minimum Gasteiger partial charge on any atom is -0.497 e. The first-order chi connectivity index (χ1) is 10.9. The molecule has 0 saturated heterocycles. The van der Waals surface area contributed by atoms with Crippen LogP contribution < -0.4 is 4.74 Å². The molecule has 0 N–H and O–H groups in total. The van der Waals surface area contributed by atoms with Gasteiger partial charge in [0.25, 0.3) is 5.69 Å². The Balaban J connectivity index is 2.22. The lowest BCUT2D eigenvalue weighted by Crippen LogP contribution is -2.19. The van der Waals surface area contributed by atoms with Crippen molar-refractivity contribution in [2.24, 2.45) is 0 Å². The SMILES string of the molecule is COc1ccc(C(Br)C(=O)C(=O)c2cccc([N+](=O)[O-])c2)cc1. The average Bonchev–Trinajstić information content (AvgIpc) is 2.60. The topological polar surface area (TPSA) is 86.5 Å². The fourth-order valence-electron chi connectivity index (χ4n) is 1.94. The van der Waals surface area contributed by atoms with Crippen LogP contribution in [0.1, 0.15) is 20.7 Å². The second kappa shape index (κ2) is 7.15. The van der Waals surface area contributed by atoms with Crippen molar-refractivity contribution in [1.82, 2.24) is 0 Å². The van der Waals surface area contributed by atoms with Crippen LogP contribution in [0.3, 0.4) is 0 Å². The molecule has 118 valence electrons. The third-order valence-electron chi connectivity index (χ3n) is 3.18. The maximum atomic E-state index is 12.3. The van der Waals surface area contributed by atoms with Crippen LogP contribution in [0.2, 0.25) is 0 Å². The van der Waals surface area contributed by atoms with Crippen molar-refractivity contribution in [3.8, 4) is 5.75 Å². The molecule has 23 heavy (non-hydrogen) atoms. The van der Waals surface area contributed by atoms with Crippen LogP contribution in [0.4, 0.5) is 5.69 Å². The molecule has 0 aliphatic heterocycles. The number of hydrogen-bond acceptors (Lipinski definition) is 5. The van der Waals surface area contributed by atoms with E-state index >= 15 is 0 Å². The lowest BCUT2D eigenvalue weighted by atomic mass is 10.0. The Kier molecular flexibility index (Phi) is 5.23. The van der Waals surface area contributed by atoms with Crippen LogP contribution in [0.5, 0.6) is 5.75 Å². The van der Waals surface area contributed by atoms with Gasteiger partial charge in [-0.2, -0.15) is 0 Å². The second-order valence-corrected chi connectivity index (χ2v) is 5.55. The number of alkyl halides is 1. The predicted octanol–water partition coefficient (Wildman–Crippen LogP) is 3.49. The quantitative estimate of drug-likeness (QED) is 0.253. The van der Waals surface area contributed by atoms with E-state index in [0.29, 0.717) is 11.3 Å². The van der Waals surface area contributed by atoms with Gasteiger partial charge in [-0.05, 0) is 17.7 Å². The van der Waals surface area contributed by atoms with E-state index in [4.69, 9.17) is 4.74 Å². The Bertz CT molecular complexity index is 757. The first-order valence-corrected chi connectivity index (χ1v) is 7.46. The highest BCUT2D eigenvalue weighted by atomic mass is 79.9. The van der Waals surface area contributed by atoms with E-state index < -0.39 is 21.3 Å². The predicted molar refractivity (Wildman–Crippen MR) is 87.1 cm³/mol. The molecule has 1 unspecified atom stereocenters. The average molecular weight is 378 g/mol. The summed E-state index contributed by atoms with van der Waals surface area (Å²) < 4.78 is 5.03. The van der Waals surface area contributed by atoms with Crippen molar-refractivity contribution >= 4 is 33.2 Å². The lowest BCUT2D eigenvalue weighted by molar-refractivity contribution is -0.384. The molecule has 0 saturated carbocycles. The van der Waals surface area contributed by atoms with E-state index in [1.165, 1.54) is 25.3 Å². The number of carbonyl (C=O) groups excluding carboxylic acids is 2. The van der Waals surface area contributed by atoms with Gasteiger partial charge in [0.15, 0.2) is 0 Å². The van der Waals surface area contributed by atoms with Gasteiger partial charge in [0.2, 0.25) is 11.6 Å². The van der Waals surface area contributed by atoms with E-state index in [9.17, 15) is 19.7 Å². The Morgan fingerprint density at radius 3 is 2.39 bits per heavy atom. The summed E-state index contributed by atoms with van der Waals surface area (Å²) >= 11 is 3.20. The zero-order valence-electron chi connectivity index (χ0n) is 12.1. The summed E-state index contributed by atoms with van der Waals surface area (Å²) in [5.74, 6) is -0.854. The van der Waals surface area contributed by atoms with Crippen LogP contribution in [0, 0.1) is 10.1 Å². The number of nitrogens with zero attached hydrogens (tertiary/aromatic N) is 1. The zero-order chi connectivity index (χ0) is 17.0. The number of carbonyl (C=O) groups is 2. The summed E-state index contributed by atoms with van der Waals surface area (Å²) in [5, 5.41) is 10.7. The third kappa shape index (κ3) is 3.81. The highest BCUT2D eigenvalue weighted by Crippen LogP contribution is 2.27. The lowest BCUT2D eigenvalue weighted by Gasteiger charge is -2.09. The number of halogens is 1. The second-order valence-electron chi connectivity index (χ2n) is 4.64. The molecule has 2 aromatic carbocycles. The number of nitro benzene ring substituents is 1. The molecular formula is C16H12BrNO5. The molecule has 0 aliphatic carbocycles. The number of rotatable bonds is 6. The van der Waals surface area contributed by atoms with Crippen molar-refractivity contribution in [1.29, 1.82) is 0 Å². The highest BCUT2D eigenvalue weighted by molar-refractivity contribution is 9.09. The number of hydrogen-bond donors (Lipinski definition) is 0. The van der Waals surface area contributed by atoms with E-state index in [1.807, 2.05) is 0 Å². The van der Waals surface area contributed by atoms with Crippen LogP contribution in [-0.2, 0) is 4.79 Å². The molecule has 0 heterocycles. The van der Waals surface area contributed by atoms with Gasteiger partial charge in [0.1, 0.15) is 10.6 Å². The normalized spacial score (nSPS) is 11.6. The fraction of sp³-hybridized carbons (Fsp3) is 0.125. The van der Waals surface area contributed by atoms with Crippen molar-refractivity contribution in [2.45, 2.75) is 4.83 Å². The first-order valence-electron chi connectivity index (χ1n) is 6.55. The number of ketones is 2. The van der Waals surface area contributed by atoms with Crippen LogP contribution >= 0.6 is 15.9 Å². The molecule has 7 heteroatoms. The molecule has 0 amide bonds. The van der Waals surface area contributed by atoms with Crippen LogP contribution in [0.25, 0.3) is 0 Å². The molecular weight excluding hydrogens is 366 g/mol. The summed E-state index contributed by atoms with van der Waals surface area (Å²) in [7, 11) is 1.53. The maximum Gasteiger partial charge on any atom is 0.270 e. The number of ether oxygens (including phenoxy) is 1. The van der Waals surface area contributed by atoms with Gasteiger partial charge in [-0.1, -0.05) is 40.2 Å². The summed E-state index contributed by atoms with van der Waals surface area (Å²) in [6.45, 7) is 0. The van der Waals surface area contributed by atoms with E-state index in [1.54, 1.807) is 24.3 Å². The van der Waals surface area contributed by atoms with Crippen molar-refractivity contribution in [3.05, 3.63) is 69.8 Å². The van der Waals surface area contributed by atoms with Gasteiger partial charge in [0.05, 0.1) is 12.0 Å². The minimum atomic E-state index is -0.833. The van der Waals surface area contributed by atoms with Gasteiger partial charge >= 0.3 is 0 Å². The van der Waals surface area contributed by atoms with E-state index in [-0.39, 0.29) is 11.3 Å². The largest absolute Gasteiger partial charge is 0.497 e. The van der Waals surface area contributed by atoms with Crippen LogP contribution in [0.15, 0.2) is 48.5 Å². The summed E-state index contributed by atoms with van der Waals surface area (Å²) in [4.78, 5) is 33.8. The Morgan fingerprint density at radius 2 is 1.83 bits per heavy atom. The first kappa shape index (κ1) is 16.8. The zero-order valence-corrected chi connectivity index (χ0v) is 13.6. The number of non-ortho nitro benzene ring substituents is 1. The van der Waals surface area contributed by atoms with Crippen molar-refractivity contribution in [2.75, 3.05) is 7.11 Å². The van der Waals surface area contributed by atoms with Crippen molar-refractivity contribution in [3.63, 3.8) is 0 Å². The highest BCUT2D eigenvalue weighted by Gasteiger charge is 2.26. The molecule has 0 spiro atoms. The third-order valence-corrected chi connectivity index (χ3v) is 4.13. The number of Topliss-reactive ketones (excluding diaryl/α,β-unsaturated/α-hetero) is 2. The molecule has 2 rings (SSSR count). The van der Waals surface area contributed by atoms with Gasteiger partial charge in [-0.3, -0.25) is 19.7 Å². The Hall–Kier alpha value is -2.54. The molecule has 2 aromatic rings. The maximum absolute atomic E-state index is 12.3. The van der Waals surface area contributed by atoms with Gasteiger partial charge in [-0.15, -0.1) is 0 Å². The van der Waals surface area contributed by atoms with Crippen LogP contribution in [-0.4, -0.2) is 23.6 Å². The summed E-state index contributed by atoms with van der Waals surface area (Å²) in [6, 6.07) is 11.8. The van der Waals surface area contributed by atoms with Gasteiger partial charge < -0.3 is 4.74 Å². The number of benzene rings is 2. The smallest absolute Gasteiger partial charge is 0.270 e. The molecule has 0 fully saturated rings. The summed E-state index contributed by atoms with van der Waals surface area (Å²) in [6.07, 6.45) is 0. The Labute approximate surface area is 140 Å². The van der Waals surface area contributed by atoms with Gasteiger partial charge in [0, 0.05) is 17.7 Å². The summed E-state index contributed by atoms with van der Waals surface area (Å²) in [5.41, 5.74) is 0.343. The van der Waals surface area contributed by atoms with Crippen molar-refractivity contribution < 1.29 is 19.2 Å². The fourth-order valence-corrected chi connectivity index (χ4v) is 2.46. The Morgan fingerprint density at radius 1 is 1.17 bits per heavy atom. The van der Waals surface area contributed by atoms with E-state index in [0.717, 1.165) is 6.07 Å². The molecule has 1 atom stereocenters. The molecule has 6 nitrogen and oxygen atoms in total. The van der Waals surface area contributed by atoms with E-state index in [2.05, 4.69) is 15.9 Å². The van der Waals surface area contributed by atoms with Gasteiger partial charge in [-0.25, -0.2) is 0 Å².